The number of fused-ring (bicyclic) bond motifs is 4. The molecule has 0 bridgehead atoms. The van der Waals surface area contributed by atoms with Crippen LogP contribution in [0.2, 0.25) is 0 Å². The molecule has 2 aromatic rings. The van der Waals surface area contributed by atoms with E-state index < -0.39 is 12.1 Å². The summed E-state index contributed by atoms with van der Waals surface area (Å²) < 4.78 is 5.34. The van der Waals surface area contributed by atoms with Crippen LogP contribution in [-0.4, -0.2) is 40.9 Å². The summed E-state index contributed by atoms with van der Waals surface area (Å²) in [6, 6.07) is 4.94. The number of aromatic amines is 1. The number of nitrogens with one attached hydrogen (secondary N) is 2. The number of piperazine rings is 1. The lowest BCUT2D eigenvalue weighted by molar-refractivity contribution is -0.153. The second kappa shape index (κ2) is 6.04. The smallest absolute Gasteiger partial charge is 0.246 e. The predicted octanol–water partition coefficient (Wildman–Crippen LogP) is 2.54. The lowest BCUT2D eigenvalue weighted by Gasteiger charge is -2.46. The fourth-order valence-electron chi connectivity index (χ4n) is 4.33. The van der Waals surface area contributed by atoms with E-state index in [1.165, 1.54) is 0 Å². The molecule has 1 aromatic heterocycles. The lowest BCUT2D eigenvalue weighted by Crippen LogP contribution is -2.65. The lowest BCUT2D eigenvalue weighted by atomic mass is 9.85. The molecule has 138 valence electrons. The maximum Gasteiger partial charge on any atom is 0.246 e. The van der Waals surface area contributed by atoms with Gasteiger partial charge in [-0.3, -0.25) is 9.59 Å². The number of carbonyl (C=O) groups is 2. The molecule has 0 radical (unpaired) electrons. The molecule has 3 atom stereocenters. The second-order valence-corrected chi connectivity index (χ2v) is 7.77. The number of rotatable bonds is 3. The fourth-order valence-corrected chi connectivity index (χ4v) is 4.33. The van der Waals surface area contributed by atoms with Crippen LogP contribution >= 0.6 is 0 Å². The largest absolute Gasteiger partial charge is 0.497 e. The molecular weight excluding hydrogens is 330 g/mol. The zero-order valence-corrected chi connectivity index (χ0v) is 15.6. The van der Waals surface area contributed by atoms with Gasteiger partial charge in [0.2, 0.25) is 11.8 Å². The molecule has 2 aliphatic heterocycles. The van der Waals surface area contributed by atoms with E-state index in [1.807, 2.05) is 23.1 Å². The number of aromatic nitrogens is 1. The Morgan fingerprint density at radius 3 is 2.77 bits per heavy atom. The van der Waals surface area contributed by atoms with Crippen molar-refractivity contribution in [3.63, 3.8) is 0 Å². The minimum Gasteiger partial charge on any atom is -0.497 e. The topological polar surface area (TPSA) is 74.4 Å². The average molecular weight is 355 g/mol. The molecule has 3 heterocycles. The molecule has 1 fully saturated rings. The molecule has 2 aliphatic rings. The first kappa shape index (κ1) is 16.9. The molecule has 0 saturated carbocycles. The zero-order chi connectivity index (χ0) is 18.6. The van der Waals surface area contributed by atoms with Gasteiger partial charge >= 0.3 is 0 Å². The van der Waals surface area contributed by atoms with Crippen LogP contribution in [0.25, 0.3) is 10.9 Å². The summed E-state index contributed by atoms with van der Waals surface area (Å²) in [4.78, 5) is 30.9. The van der Waals surface area contributed by atoms with Crippen LogP contribution < -0.4 is 10.1 Å². The first-order valence-electron chi connectivity index (χ1n) is 9.21. The number of benzene rings is 1. The van der Waals surface area contributed by atoms with Gasteiger partial charge in [0, 0.05) is 29.1 Å². The number of H-pyrrole nitrogens is 1. The van der Waals surface area contributed by atoms with Crippen molar-refractivity contribution in [1.82, 2.24) is 15.2 Å². The van der Waals surface area contributed by atoms with Crippen LogP contribution in [0.4, 0.5) is 0 Å². The quantitative estimate of drug-likeness (QED) is 0.888. The SMILES string of the molecule is COc1ccc2c3c([nH]c2c1)C(CC(C)C)N1C(=O)[C@H](C)NC(=O)[C@@H]1C3. The Hall–Kier alpha value is -2.50. The number of amides is 2. The van der Waals surface area contributed by atoms with E-state index in [-0.39, 0.29) is 17.9 Å². The van der Waals surface area contributed by atoms with Crippen molar-refractivity contribution >= 4 is 22.7 Å². The molecule has 26 heavy (non-hydrogen) atoms. The van der Waals surface area contributed by atoms with E-state index >= 15 is 0 Å². The van der Waals surface area contributed by atoms with E-state index in [0.29, 0.717) is 12.3 Å². The third-order valence-electron chi connectivity index (χ3n) is 5.53. The molecule has 1 aromatic carbocycles. The standard InChI is InChI=1S/C20H25N3O3/c1-10(2)7-16-18-14(13-6-5-12(26-4)8-15(13)22-18)9-17-19(24)21-11(3)20(25)23(16)17/h5-6,8,10-11,16-17,22H,7,9H2,1-4H3,(H,21,24)/t11-,16?,17-/m0/s1. The third kappa shape index (κ3) is 2.47. The van der Waals surface area contributed by atoms with E-state index in [4.69, 9.17) is 4.74 Å². The Bertz CT molecular complexity index is 886. The van der Waals surface area contributed by atoms with Gasteiger partial charge in [0.05, 0.1) is 13.2 Å². The summed E-state index contributed by atoms with van der Waals surface area (Å²) in [5.41, 5.74) is 3.20. The highest BCUT2D eigenvalue weighted by Crippen LogP contribution is 2.42. The van der Waals surface area contributed by atoms with Gasteiger partial charge in [0.15, 0.2) is 0 Å². The van der Waals surface area contributed by atoms with Crippen molar-refractivity contribution in [2.24, 2.45) is 5.92 Å². The van der Waals surface area contributed by atoms with Gasteiger partial charge in [0.1, 0.15) is 17.8 Å². The molecule has 4 rings (SSSR count). The summed E-state index contributed by atoms with van der Waals surface area (Å²) in [7, 11) is 1.65. The van der Waals surface area contributed by atoms with E-state index in [0.717, 1.165) is 34.3 Å². The highest BCUT2D eigenvalue weighted by atomic mass is 16.5. The maximum absolute atomic E-state index is 12.9. The number of hydrogen-bond donors (Lipinski definition) is 2. The number of ether oxygens (including phenoxy) is 1. The molecule has 2 N–H and O–H groups in total. The molecule has 0 spiro atoms. The number of nitrogens with zero attached hydrogens (tertiary/aromatic N) is 1. The second-order valence-electron chi connectivity index (χ2n) is 7.77. The summed E-state index contributed by atoms with van der Waals surface area (Å²) in [6.45, 7) is 6.05. The van der Waals surface area contributed by atoms with Crippen molar-refractivity contribution in [1.29, 1.82) is 0 Å². The van der Waals surface area contributed by atoms with Crippen LogP contribution in [0.5, 0.6) is 5.75 Å². The van der Waals surface area contributed by atoms with Crippen molar-refractivity contribution in [3.05, 3.63) is 29.5 Å². The van der Waals surface area contributed by atoms with Gasteiger partial charge in [-0.05, 0) is 37.0 Å². The van der Waals surface area contributed by atoms with Gasteiger partial charge in [0.25, 0.3) is 0 Å². The summed E-state index contributed by atoms with van der Waals surface area (Å²) in [6.07, 6.45) is 1.36. The molecule has 1 saturated heterocycles. The predicted molar refractivity (Wildman–Crippen MR) is 99.0 cm³/mol. The number of hydrogen-bond acceptors (Lipinski definition) is 3. The summed E-state index contributed by atoms with van der Waals surface area (Å²) >= 11 is 0. The van der Waals surface area contributed by atoms with Crippen LogP contribution in [0.15, 0.2) is 18.2 Å². The van der Waals surface area contributed by atoms with Crippen LogP contribution in [0.3, 0.4) is 0 Å². The van der Waals surface area contributed by atoms with Crippen LogP contribution in [-0.2, 0) is 16.0 Å². The van der Waals surface area contributed by atoms with Gasteiger partial charge in [-0.1, -0.05) is 13.8 Å². The molecule has 0 aliphatic carbocycles. The molecule has 1 unspecified atom stereocenters. The highest BCUT2D eigenvalue weighted by molar-refractivity contribution is 5.98. The molecule has 2 amide bonds. The molecule has 6 heteroatoms. The van der Waals surface area contributed by atoms with E-state index in [2.05, 4.69) is 24.1 Å². The Morgan fingerprint density at radius 1 is 1.31 bits per heavy atom. The Morgan fingerprint density at radius 2 is 2.08 bits per heavy atom. The highest BCUT2D eigenvalue weighted by Gasteiger charge is 2.47. The number of methoxy groups -OCH3 is 1. The summed E-state index contributed by atoms with van der Waals surface area (Å²) in [5.74, 6) is 1.14. The minimum absolute atomic E-state index is 0.00198. The third-order valence-corrected chi connectivity index (χ3v) is 5.53. The van der Waals surface area contributed by atoms with Gasteiger partial charge in [-0.25, -0.2) is 0 Å². The first-order valence-corrected chi connectivity index (χ1v) is 9.21. The van der Waals surface area contributed by atoms with Gasteiger partial charge in [-0.15, -0.1) is 0 Å². The number of carbonyl (C=O) groups excluding carboxylic acids is 2. The van der Waals surface area contributed by atoms with Crippen molar-refractivity contribution in [2.45, 2.75) is 51.7 Å². The van der Waals surface area contributed by atoms with E-state index in [1.54, 1.807) is 14.0 Å². The first-order chi connectivity index (χ1) is 12.4. The fraction of sp³-hybridized carbons (Fsp3) is 0.500. The van der Waals surface area contributed by atoms with Crippen molar-refractivity contribution in [3.8, 4) is 5.75 Å². The molecular formula is C20H25N3O3. The maximum atomic E-state index is 12.9. The summed E-state index contributed by atoms with van der Waals surface area (Å²) in [5, 5.41) is 3.94. The minimum atomic E-state index is -0.473. The molecule has 6 nitrogen and oxygen atoms in total. The normalized spacial score (nSPS) is 25.3. The average Bonchev–Trinajstić information content (AvgIpc) is 2.96. The Balaban J connectivity index is 1.89. The van der Waals surface area contributed by atoms with Crippen molar-refractivity contribution in [2.75, 3.05) is 7.11 Å². The van der Waals surface area contributed by atoms with Gasteiger partial charge in [-0.2, -0.15) is 0 Å². The van der Waals surface area contributed by atoms with Crippen LogP contribution in [0.1, 0.15) is 44.5 Å². The zero-order valence-electron chi connectivity index (χ0n) is 15.6. The Labute approximate surface area is 152 Å². The monoisotopic (exact) mass is 355 g/mol. The van der Waals surface area contributed by atoms with Crippen LogP contribution in [0, 0.1) is 5.92 Å². The Kier molecular flexibility index (Phi) is 3.93. The van der Waals surface area contributed by atoms with E-state index in [9.17, 15) is 9.59 Å². The van der Waals surface area contributed by atoms with Gasteiger partial charge < -0.3 is 19.9 Å². The van der Waals surface area contributed by atoms with Crippen molar-refractivity contribution < 1.29 is 14.3 Å².